The second-order valence-electron chi connectivity index (χ2n) is 6.98. The average Bonchev–Trinajstić information content (AvgIpc) is 3.31. The SMILES string of the molecule is O=C(c1ccc2c(c1)OCO2)N1CCC[C@H]1c1ccc2c(c1)OCCCO2. The lowest BCUT2D eigenvalue weighted by atomic mass is 10.0. The molecule has 0 bridgehead atoms. The molecule has 1 fully saturated rings. The maximum absolute atomic E-state index is 13.1. The van der Waals surface area contributed by atoms with E-state index in [1.54, 1.807) is 18.2 Å². The molecular weight excluding hydrogens is 346 g/mol. The van der Waals surface area contributed by atoms with Crippen molar-refractivity contribution in [1.82, 2.24) is 4.90 Å². The molecule has 0 aliphatic carbocycles. The lowest BCUT2D eigenvalue weighted by Crippen LogP contribution is -2.30. The van der Waals surface area contributed by atoms with E-state index >= 15 is 0 Å². The molecule has 0 spiro atoms. The van der Waals surface area contributed by atoms with Crippen molar-refractivity contribution in [3.05, 3.63) is 47.5 Å². The van der Waals surface area contributed by atoms with Crippen LogP contribution in [0.1, 0.15) is 41.2 Å². The molecule has 0 N–H and O–H groups in total. The first kappa shape index (κ1) is 16.3. The molecule has 5 rings (SSSR count). The lowest BCUT2D eigenvalue weighted by molar-refractivity contribution is 0.0735. The number of amides is 1. The van der Waals surface area contributed by atoms with Crippen LogP contribution in [0.25, 0.3) is 0 Å². The Labute approximate surface area is 157 Å². The van der Waals surface area contributed by atoms with Crippen LogP contribution in [0.15, 0.2) is 36.4 Å². The number of hydrogen-bond acceptors (Lipinski definition) is 5. The van der Waals surface area contributed by atoms with Gasteiger partial charge in [0.15, 0.2) is 23.0 Å². The molecule has 3 heterocycles. The van der Waals surface area contributed by atoms with Gasteiger partial charge in [0.1, 0.15) is 0 Å². The molecule has 2 aromatic rings. The summed E-state index contributed by atoms with van der Waals surface area (Å²) < 4.78 is 22.3. The molecule has 140 valence electrons. The van der Waals surface area contributed by atoms with Crippen LogP contribution in [0.2, 0.25) is 0 Å². The van der Waals surface area contributed by atoms with Crippen molar-refractivity contribution in [2.45, 2.75) is 25.3 Å². The smallest absolute Gasteiger partial charge is 0.254 e. The van der Waals surface area contributed by atoms with Gasteiger partial charge in [-0.1, -0.05) is 6.07 Å². The van der Waals surface area contributed by atoms with Crippen LogP contribution < -0.4 is 18.9 Å². The first-order chi connectivity index (χ1) is 13.3. The number of likely N-dealkylation sites (tertiary alicyclic amines) is 1. The molecule has 6 nitrogen and oxygen atoms in total. The highest BCUT2D eigenvalue weighted by Crippen LogP contribution is 2.39. The summed E-state index contributed by atoms with van der Waals surface area (Å²) >= 11 is 0. The van der Waals surface area contributed by atoms with Gasteiger partial charge in [0.2, 0.25) is 6.79 Å². The number of nitrogens with zero attached hydrogens (tertiary/aromatic N) is 1. The zero-order valence-electron chi connectivity index (χ0n) is 15.0. The van der Waals surface area contributed by atoms with Crippen molar-refractivity contribution in [2.75, 3.05) is 26.6 Å². The molecule has 3 aliphatic heterocycles. The van der Waals surface area contributed by atoms with Crippen LogP contribution in [-0.4, -0.2) is 37.4 Å². The Kier molecular flexibility index (Phi) is 4.03. The van der Waals surface area contributed by atoms with E-state index in [-0.39, 0.29) is 18.7 Å². The predicted molar refractivity (Wildman–Crippen MR) is 97.6 cm³/mol. The van der Waals surface area contributed by atoms with E-state index < -0.39 is 0 Å². The van der Waals surface area contributed by atoms with Crippen molar-refractivity contribution in [3.8, 4) is 23.0 Å². The average molecular weight is 367 g/mol. The van der Waals surface area contributed by atoms with Crippen LogP contribution in [0.4, 0.5) is 0 Å². The van der Waals surface area contributed by atoms with Crippen molar-refractivity contribution in [3.63, 3.8) is 0 Å². The normalized spacial score (nSPS) is 20.4. The molecule has 0 unspecified atom stereocenters. The molecule has 1 atom stereocenters. The first-order valence-electron chi connectivity index (χ1n) is 9.40. The maximum atomic E-state index is 13.1. The highest BCUT2D eigenvalue weighted by atomic mass is 16.7. The topological polar surface area (TPSA) is 57.2 Å². The molecule has 27 heavy (non-hydrogen) atoms. The van der Waals surface area contributed by atoms with Gasteiger partial charge in [-0.3, -0.25) is 4.79 Å². The van der Waals surface area contributed by atoms with Crippen LogP contribution in [0.3, 0.4) is 0 Å². The number of carbonyl (C=O) groups is 1. The highest BCUT2D eigenvalue weighted by molar-refractivity contribution is 5.95. The van der Waals surface area contributed by atoms with Crippen molar-refractivity contribution in [1.29, 1.82) is 0 Å². The third-order valence-corrected chi connectivity index (χ3v) is 5.29. The second kappa shape index (κ2) is 6.68. The largest absolute Gasteiger partial charge is 0.490 e. The molecule has 3 aliphatic rings. The zero-order valence-corrected chi connectivity index (χ0v) is 15.0. The van der Waals surface area contributed by atoms with Crippen LogP contribution in [-0.2, 0) is 0 Å². The van der Waals surface area contributed by atoms with E-state index in [2.05, 4.69) is 0 Å². The van der Waals surface area contributed by atoms with Gasteiger partial charge in [0.05, 0.1) is 19.3 Å². The van der Waals surface area contributed by atoms with Crippen LogP contribution in [0, 0.1) is 0 Å². The number of ether oxygens (including phenoxy) is 4. The number of rotatable bonds is 2. The fraction of sp³-hybridized carbons (Fsp3) is 0.381. The minimum atomic E-state index is 0.0166. The summed E-state index contributed by atoms with van der Waals surface area (Å²) in [6.45, 7) is 2.27. The van der Waals surface area contributed by atoms with Crippen LogP contribution in [0.5, 0.6) is 23.0 Å². The first-order valence-corrected chi connectivity index (χ1v) is 9.40. The van der Waals surface area contributed by atoms with Gasteiger partial charge in [0, 0.05) is 18.5 Å². The molecule has 0 aromatic heterocycles. The Morgan fingerprint density at radius 3 is 2.52 bits per heavy atom. The molecule has 6 heteroatoms. The Morgan fingerprint density at radius 2 is 1.59 bits per heavy atom. The summed E-state index contributed by atoms with van der Waals surface area (Å²) in [6, 6.07) is 11.4. The van der Waals surface area contributed by atoms with E-state index in [1.165, 1.54) is 0 Å². The Bertz CT molecular complexity index is 881. The zero-order chi connectivity index (χ0) is 18.2. The molecule has 1 saturated heterocycles. The van der Waals surface area contributed by atoms with E-state index in [0.29, 0.717) is 30.3 Å². The van der Waals surface area contributed by atoms with Gasteiger partial charge < -0.3 is 23.8 Å². The van der Waals surface area contributed by atoms with E-state index in [1.807, 2.05) is 23.1 Å². The van der Waals surface area contributed by atoms with E-state index in [0.717, 1.165) is 42.9 Å². The van der Waals surface area contributed by atoms with Crippen LogP contribution >= 0.6 is 0 Å². The molecule has 1 amide bonds. The third-order valence-electron chi connectivity index (χ3n) is 5.29. The van der Waals surface area contributed by atoms with Gasteiger partial charge in [0.25, 0.3) is 5.91 Å². The van der Waals surface area contributed by atoms with Gasteiger partial charge in [-0.15, -0.1) is 0 Å². The molecular formula is C21H21NO5. The third kappa shape index (κ3) is 2.95. The summed E-state index contributed by atoms with van der Waals surface area (Å²) in [6.07, 6.45) is 2.80. The predicted octanol–water partition coefficient (Wildman–Crippen LogP) is 3.55. The molecule has 0 saturated carbocycles. The lowest BCUT2D eigenvalue weighted by Gasteiger charge is -2.26. The molecule has 2 aromatic carbocycles. The summed E-state index contributed by atoms with van der Waals surface area (Å²) in [7, 11) is 0. The Hall–Kier alpha value is -2.89. The van der Waals surface area contributed by atoms with Crippen molar-refractivity contribution in [2.24, 2.45) is 0 Å². The maximum Gasteiger partial charge on any atom is 0.254 e. The number of hydrogen-bond donors (Lipinski definition) is 0. The number of benzene rings is 2. The Balaban J connectivity index is 1.42. The van der Waals surface area contributed by atoms with Gasteiger partial charge >= 0.3 is 0 Å². The summed E-state index contributed by atoms with van der Waals surface area (Å²) in [5, 5.41) is 0. The van der Waals surface area contributed by atoms with Gasteiger partial charge in [-0.05, 0) is 48.7 Å². The minimum absolute atomic E-state index is 0.0166. The van der Waals surface area contributed by atoms with Crippen molar-refractivity contribution < 1.29 is 23.7 Å². The summed E-state index contributed by atoms with van der Waals surface area (Å²) in [5.41, 5.74) is 1.71. The summed E-state index contributed by atoms with van der Waals surface area (Å²) in [5.74, 6) is 2.89. The Morgan fingerprint density at radius 1 is 0.852 bits per heavy atom. The highest BCUT2D eigenvalue weighted by Gasteiger charge is 2.32. The molecule has 0 radical (unpaired) electrons. The van der Waals surface area contributed by atoms with Crippen molar-refractivity contribution >= 4 is 5.91 Å². The minimum Gasteiger partial charge on any atom is -0.490 e. The standard InChI is InChI=1S/C21H21NO5/c23-21(15-5-7-18-20(12-15)27-13-26-18)22-8-1-3-16(22)14-4-6-17-19(11-14)25-10-2-9-24-17/h4-7,11-12,16H,1-3,8-10,13H2/t16-/m0/s1. The fourth-order valence-electron chi connectivity index (χ4n) is 3.94. The van der Waals surface area contributed by atoms with Gasteiger partial charge in [-0.2, -0.15) is 0 Å². The van der Waals surface area contributed by atoms with Gasteiger partial charge in [-0.25, -0.2) is 0 Å². The number of carbonyl (C=O) groups excluding carboxylic acids is 1. The monoisotopic (exact) mass is 367 g/mol. The fourth-order valence-corrected chi connectivity index (χ4v) is 3.94. The quantitative estimate of drug-likeness (QED) is 0.812. The second-order valence-corrected chi connectivity index (χ2v) is 6.98. The number of fused-ring (bicyclic) bond motifs is 2. The van der Waals surface area contributed by atoms with E-state index in [4.69, 9.17) is 18.9 Å². The van der Waals surface area contributed by atoms with E-state index in [9.17, 15) is 4.79 Å². The summed E-state index contributed by atoms with van der Waals surface area (Å²) in [4.78, 5) is 15.1.